The molecule has 4 bridgehead atoms. The number of ether oxygens (including phenoxy) is 2. The van der Waals surface area contributed by atoms with Crippen molar-refractivity contribution in [3.63, 3.8) is 0 Å². The highest BCUT2D eigenvalue weighted by molar-refractivity contribution is 7.92. The minimum Gasteiger partial charge on any atom is -0.489 e. The summed E-state index contributed by atoms with van der Waals surface area (Å²) in [4.78, 5) is 56.3. The van der Waals surface area contributed by atoms with Gasteiger partial charge in [0.25, 0.3) is 11.8 Å². The number of carbonyl (C=O) groups is 4. The largest absolute Gasteiger partial charge is 0.489 e. The monoisotopic (exact) mass is 785 g/mol. The van der Waals surface area contributed by atoms with E-state index in [2.05, 4.69) is 17.0 Å². The Hall–Kier alpha value is -3.15. The van der Waals surface area contributed by atoms with Crippen LogP contribution in [0.1, 0.15) is 157 Å². The summed E-state index contributed by atoms with van der Waals surface area (Å²) in [7, 11) is -3.70. The molecule has 4 saturated carbocycles. The van der Waals surface area contributed by atoms with Crippen molar-refractivity contribution in [1.29, 1.82) is 0 Å². The Balaban J connectivity index is 1.20. The molecule has 1 unspecified atom stereocenters. The van der Waals surface area contributed by atoms with Gasteiger partial charge in [0.1, 0.15) is 5.75 Å². The van der Waals surface area contributed by atoms with Gasteiger partial charge in [-0.1, -0.05) is 90.4 Å². The second-order valence-corrected chi connectivity index (χ2v) is 19.5. The minimum absolute atomic E-state index is 0.0338. The lowest BCUT2D eigenvalue weighted by Gasteiger charge is -2.54. The third kappa shape index (κ3) is 11.5. The van der Waals surface area contributed by atoms with Crippen molar-refractivity contribution < 1.29 is 37.1 Å². The molecule has 2 N–H and O–H groups in total. The van der Waals surface area contributed by atoms with E-state index in [1.54, 1.807) is 12.1 Å². The van der Waals surface area contributed by atoms with Gasteiger partial charge in [0.2, 0.25) is 10.0 Å². The van der Waals surface area contributed by atoms with Crippen LogP contribution in [-0.2, 0) is 29.1 Å². The Morgan fingerprint density at radius 3 is 1.85 bits per heavy atom. The highest BCUT2D eigenvalue weighted by atomic mass is 32.2. The molecule has 3 amide bonds. The van der Waals surface area contributed by atoms with Crippen molar-refractivity contribution in [1.82, 2.24) is 4.90 Å². The van der Waals surface area contributed by atoms with Crippen LogP contribution < -0.4 is 14.8 Å². The predicted octanol–water partition coefficient (Wildman–Crippen LogP) is 9.40. The van der Waals surface area contributed by atoms with E-state index >= 15 is 0 Å². The van der Waals surface area contributed by atoms with Gasteiger partial charge in [0, 0.05) is 5.92 Å². The van der Waals surface area contributed by atoms with Gasteiger partial charge < -0.3 is 14.8 Å². The van der Waals surface area contributed by atoms with Gasteiger partial charge in [-0.25, -0.2) is 18.1 Å². The average molecular weight is 786 g/mol. The molecule has 0 radical (unpaired) electrons. The van der Waals surface area contributed by atoms with Gasteiger partial charge in [0.15, 0.2) is 17.4 Å². The van der Waals surface area contributed by atoms with Gasteiger partial charge in [-0.3, -0.25) is 19.1 Å². The van der Waals surface area contributed by atoms with Gasteiger partial charge in [-0.2, -0.15) is 0 Å². The van der Waals surface area contributed by atoms with E-state index < -0.39 is 51.3 Å². The third-order valence-electron chi connectivity index (χ3n) is 12.2. The summed E-state index contributed by atoms with van der Waals surface area (Å²) in [5.74, 6) is -0.894. The number of imide groups is 1. The summed E-state index contributed by atoms with van der Waals surface area (Å²) < 4.78 is 40.3. The molecule has 12 heteroatoms. The van der Waals surface area contributed by atoms with Crippen molar-refractivity contribution in [2.24, 2.45) is 29.6 Å². The van der Waals surface area contributed by atoms with E-state index in [9.17, 15) is 27.6 Å². The Morgan fingerprint density at radius 2 is 1.36 bits per heavy atom. The van der Waals surface area contributed by atoms with Gasteiger partial charge in [0.05, 0.1) is 23.2 Å². The van der Waals surface area contributed by atoms with Crippen LogP contribution in [0.5, 0.6) is 5.75 Å². The Kier molecular flexibility index (Phi) is 15.1. The fraction of sp³-hybridized carbons (Fsp3) is 0.767. The number of benzene rings is 1. The number of hydrogen-bond donors (Lipinski definition) is 2. The second-order valence-electron chi connectivity index (χ2n) is 17.7. The Bertz CT molecular complexity index is 1580. The number of hydrogen-bond acceptors (Lipinski definition) is 8. The molecule has 1 aliphatic heterocycles. The number of amides is 3. The molecule has 1 heterocycles. The van der Waals surface area contributed by atoms with Crippen LogP contribution in [-0.4, -0.2) is 60.5 Å². The van der Waals surface area contributed by atoms with E-state index in [1.807, 2.05) is 13.8 Å². The molecule has 1 aromatic carbocycles. The highest BCUT2D eigenvalue weighted by Crippen LogP contribution is 2.57. The van der Waals surface area contributed by atoms with Crippen molar-refractivity contribution >= 4 is 45.1 Å². The molecule has 4 aliphatic carbocycles. The highest BCUT2D eigenvalue weighted by Gasteiger charge is 2.58. The number of unbranched alkanes of at least 4 members (excludes halogenated alkanes) is 13. The predicted molar refractivity (Wildman–Crippen MR) is 215 cm³/mol. The average Bonchev–Trinajstić information content (AvgIpc) is 3.30. The maximum atomic E-state index is 14.6. The molecule has 1 aromatic rings. The summed E-state index contributed by atoms with van der Waals surface area (Å²) in [5, 5.41) is 2.77. The fourth-order valence-corrected chi connectivity index (χ4v) is 11.0. The summed E-state index contributed by atoms with van der Waals surface area (Å²) in [6.45, 7) is 8.76. The zero-order chi connectivity index (χ0) is 39.8. The molecule has 11 nitrogen and oxygen atoms in total. The number of nitrogens with one attached hydrogen (secondary N) is 2. The van der Waals surface area contributed by atoms with Gasteiger partial charge in [-0.05, 0) is 108 Å². The van der Waals surface area contributed by atoms with Crippen LogP contribution in [0.4, 0.5) is 16.2 Å². The molecule has 55 heavy (non-hydrogen) atoms. The molecular weight excluding hydrogens is 719 g/mol. The van der Waals surface area contributed by atoms with Crippen molar-refractivity contribution in [2.45, 2.75) is 174 Å². The van der Waals surface area contributed by atoms with Crippen molar-refractivity contribution in [3.05, 3.63) is 18.2 Å². The molecule has 1 atom stereocenters. The lowest BCUT2D eigenvalue weighted by atomic mass is 9.50. The minimum atomic E-state index is -3.70. The SMILES string of the molecule is CCCCCCCCCCCCCCCCS(=O)(=O)Nc1ccc(OC(C)C)c(NC(=O)C(C(=O)C2C3CC4CC(C3)CC2C4)N2C(=O)OC(C)(C)C2=O)c1. The molecule has 1 saturated heterocycles. The number of sulfonamides is 1. The first-order valence-corrected chi connectivity index (χ1v) is 23.1. The third-order valence-corrected chi connectivity index (χ3v) is 13.6. The number of cyclic esters (lactones) is 1. The van der Waals surface area contributed by atoms with Gasteiger partial charge >= 0.3 is 6.09 Å². The standard InChI is InChI=1S/C43H67N3O8S/c1-6-7-8-9-10-11-12-13-14-15-16-17-18-19-22-55(51,52)45-34-20-21-36(53-29(2)3)35(28-34)44-40(48)38(46-41(49)43(4,5)54-42(46)50)39(47)37-32-24-30-23-31(26-32)27-33(37)25-30/h20-21,28-33,37-38,45H,6-19,22-27H2,1-5H3,(H,44,48). The summed E-state index contributed by atoms with van der Waals surface area (Å²) in [6, 6.07) is 2.85. The molecule has 5 fully saturated rings. The number of ketones is 1. The Morgan fingerprint density at radius 1 is 0.836 bits per heavy atom. The van der Waals surface area contributed by atoms with Crippen molar-refractivity contribution in [2.75, 3.05) is 15.8 Å². The first-order valence-electron chi connectivity index (χ1n) is 21.4. The number of Topliss-reactive ketones (excluding diaryl/α,β-unsaturated/α-hetero) is 1. The quantitative estimate of drug-likeness (QED) is 0.0778. The van der Waals surface area contributed by atoms with E-state index in [-0.39, 0.29) is 40.8 Å². The number of anilines is 2. The normalized spacial score (nSPS) is 24.6. The van der Waals surface area contributed by atoms with Crippen molar-refractivity contribution in [3.8, 4) is 5.75 Å². The van der Waals surface area contributed by atoms with Crippen LogP contribution in [0.3, 0.4) is 0 Å². The van der Waals surface area contributed by atoms with Crippen LogP contribution in [0.2, 0.25) is 0 Å². The molecule has 0 spiro atoms. The smallest absolute Gasteiger partial charge is 0.418 e. The molecule has 308 valence electrons. The van der Waals surface area contributed by atoms with E-state index in [0.717, 1.165) is 44.9 Å². The molecule has 6 rings (SSSR count). The Labute approximate surface area is 329 Å². The van der Waals surface area contributed by atoms with Crippen LogP contribution in [0, 0.1) is 29.6 Å². The van der Waals surface area contributed by atoms with Gasteiger partial charge in [-0.15, -0.1) is 0 Å². The summed E-state index contributed by atoms with van der Waals surface area (Å²) in [6.07, 6.45) is 20.0. The summed E-state index contributed by atoms with van der Waals surface area (Å²) in [5.41, 5.74) is -1.19. The zero-order valence-electron chi connectivity index (χ0n) is 34.0. The lowest BCUT2D eigenvalue weighted by molar-refractivity contribution is -0.150. The fourth-order valence-electron chi connectivity index (χ4n) is 9.82. The number of carbonyl (C=O) groups excluding carboxylic acids is 4. The lowest BCUT2D eigenvalue weighted by Crippen LogP contribution is -2.58. The first-order chi connectivity index (χ1) is 26.2. The molecule has 0 aromatic heterocycles. The maximum Gasteiger partial charge on any atom is 0.418 e. The number of nitrogens with zero attached hydrogens (tertiary/aromatic N) is 1. The summed E-state index contributed by atoms with van der Waals surface area (Å²) >= 11 is 0. The first kappa shape index (κ1) is 43.0. The van der Waals surface area contributed by atoms with E-state index in [4.69, 9.17) is 9.47 Å². The van der Waals surface area contributed by atoms with E-state index in [1.165, 1.54) is 90.5 Å². The molecular formula is C43H67N3O8S. The van der Waals surface area contributed by atoms with Crippen LogP contribution in [0.15, 0.2) is 18.2 Å². The zero-order valence-corrected chi connectivity index (χ0v) is 34.9. The van der Waals surface area contributed by atoms with Crippen LogP contribution >= 0.6 is 0 Å². The maximum absolute atomic E-state index is 14.6. The molecule has 5 aliphatic rings. The topological polar surface area (TPSA) is 148 Å². The number of rotatable bonds is 24. The van der Waals surface area contributed by atoms with Crippen LogP contribution in [0.25, 0.3) is 0 Å². The van der Waals surface area contributed by atoms with E-state index in [0.29, 0.717) is 23.2 Å². The second kappa shape index (κ2) is 19.3.